The fraction of sp³-hybridized carbons (Fsp3) is 0.312. The summed E-state index contributed by atoms with van der Waals surface area (Å²) in [4.78, 5) is 11.9. The van der Waals surface area contributed by atoms with E-state index in [0.717, 1.165) is 23.4 Å². The Labute approximate surface area is 139 Å². The van der Waals surface area contributed by atoms with Crippen LogP contribution in [0.15, 0.2) is 30.3 Å². The van der Waals surface area contributed by atoms with Gasteiger partial charge in [-0.1, -0.05) is 60.9 Å². The van der Waals surface area contributed by atoms with Crippen LogP contribution >= 0.6 is 22.9 Å². The lowest BCUT2D eigenvalue weighted by Crippen LogP contribution is -2.07. The number of carbonyl (C=O) groups is 1. The predicted octanol–water partition coefficient (Wildman–Crippen LogP) is 4.58. The molecule has 0 saturated heterocycles. The number of halogens is 1. The summed E-state index contributed by atoms with van der Waals surface area (Å²) in [7, 11) is 0. The number of unbranched alkanes of at least 4 members (excludes halogenated alkanes) is 2. The van der Waals surface area contributed by atoms with Gasteiger partial charge in [0, 0.05) is 17.5 Å². The maximum Gasteiger partial charge on any atom is 0.250 e. The molecule has 0 unspecified atom stereocenters. The van der Waals surface area contributed by atoms with E-state index in [0.29, 0.717) is 10.2 Å². The van der Waals surface area contributed by atoms with Crippen molar-refractivity contribution in [3.05, 3.63) is 45.9 Å². The molecule has 1 aromatic heterocycles. The number of nitrogens with one attached hydrogen (secondary N) is 1. The molecular formula is C16H18ClN3OS. The van der Waals surface area contributed by atoms with E-state index in [2.05, 4.69) is 22.4 Å². The van der Waals surface area contributed by atoms with Crippen LogP contribution in [0.4, 0.5) is 5.13 Å². The molecule has 2 aromatic rings. The Morgan fingerprint density at radius 3 is 2.91 bits per heavy atom. The average molecular weight is 336 g/mol. The van der Waals surface area contributed by atoms with Gasteiger partial charge in [-0.05, 0) is 24.1 Å². The number of hydrogen-bond donors (Lipinski definition) is 1. The summed E-state index contributed by atoms with van der Waals surface area (Å²) in [6, 6.07) is 7.35. The van der Waals surface area contributed by atoms with Crippen molar-refractivity contribution >= 4 is 40.1 Å². The molecule has 1 amide bonds. The van der Waals surface area contributed by atoms with Gasteiger partial charge in [0.25, 0.3) is 0 Å². The van der Waals surface area contributed by atoms with Crippen LogP contribution in [-0.2, 0) is 11.2 Å². The molecule has 1 N–H and O–H groups in total. The van der Waals surface area contributed by atoms with Crippen LogP contribution in [0.1, 0.15) is 36.8 Å². The number of aromatic nitrogens is 2. The van der Waals surface area contributed by atoms with Gasteiger partial charge in [0.15, 0.2) is 0 Å². The molecule has 0 spiro atoms. The van der Waals surface area contributed by atoms with Crippen LogP contribution in [0, 0.1) is 0 Å². The number of benzene rings is 1. The summed E-state index contributed by atoms with van der Waals surface area (Å²) in [6.45, 7) is 2.16. The third-order valence-corrected chi connectivity index (χ3v) is 4.25. The highest BCUT2D eigenvalue weighted by Gasteiger charge is 2.06. The summed E-state index contributed by atoms with van der Waals surface area (Å²) < 4.78 is 0. The fourth-order valence-electron chi connectivity index (χ4n) is 1.85. The van der Waals surface area contributed by atoms with Crippen LogP contribution in [0.25, 0.3) is 6.08 Å². The number of anilines is 1. The minimum atomic E-state index is -0.240. The zero-order valence-corrected chi connectivity index (χ0v) is 14.0. The summed E-state index contributed by atoms with van der Waals surface area (Å²) in [5, 5.41) is 12.9. The Bertz CT molecular complexity index is 654. The molecular weight excluding hydrogens is 318 g/mol. The summed E-state index contributed by atoms with van der Waals surface area (Å²) in [5.74, 6) is -0.240. The van der Waals surface area contributed by atoms with Gasteiger partial charge < -0.3 is 0 Å². The maximum atomic E-state index is 11.9. The Morgan fingerprint density at radius 1 is 1.32 bits per heavy atom. The highest BCUT2D eigenvalue weighted by Crippen LogP contribution is 2.18. The third-order valence-electron chi connectivity index (χ3n) is 3.01. The van der Waals surface area contributed by atoms with Crippen LogP contribution in [-0.4, -0.2) is 16.1 Å². The molecule has 0 aliphatic heterocycles. The molecule has 4 nitrogen and oxygen atoms in total. The monoisotopic (exact) mass is 335 g/mol. The van der Waals surface area contributed by atoms with Crippen molar-refractivity contribution in [3.8, 4) is 0 Å². The summed E-state index contributed by atoms with van der Waals surface area (Å²) in [6.07, 6.45) is 7.50. The number of hydrogen-bond acceptors (Lipinski definition) is 4. The van der Waals surface area contributed by atoms with E-state index in [-0.39, 0.29) is 5.91 Å². The van der Waals surface area contributed by atoms with E-state index in [4.69, 9.17) is 11.6 Å². The highest BCUT2D eigenvalue weighted by atomic mass is 35.5. The second kappa shape index (κ2) is 8.66. The Balaban J connectivity index is 1.88. The Morgan fingerprint density at radius 2 is 2.14 bits per heavy atom. The van der Waals surface area contributed by atoms with Crippen molar-refractivity contribution in [2.45, 2.75) is 32.6 Å². The molecule has 6 heteroatoms. The van der Waals surface area contributed by atoms with Crippen molar-refractivity contribution in [2.75, 3.05) is 5.32 Å². The molecule has 0 fully saturated rings. The first-order valence-electron chi connectivity index (χ1n) is 7.25. The minimum Gasteiger partial charge on any atom is -0.297 e. The third kappa shape index (κ3) is 5.24. The molecule has 1 heterocycles. The van der Waals surface area contributed by atoms with E-state index in [1.54, 1.807) is 12.1 Å². The zero-order chi connectivity index (χ0) is 15.8. The first kappa shape index (κ1) is 16.6. The van der Waals surface area contributed by atoms with Gasteiger partial charge in [0.05, 0.1) is 0 Å². The second-order valence-electron chi connectivity index (χ2n) is 4.80. The highest BCUT2D eigenvalue weighted by molar-refractivity contribution is 7.15. The van der Waals surface area contributed by atoms with Gasteiger partial charge >= 0.3 is 0 Å². The lowest BCUT2D eigenvalue weighted by Gasteiger charge is -1.97. The standard InChI is InChI=1S/C16H18ClN3OS/c1-2-3-4-9-15-19-20-16(22-15)18-14(21)11-10-12-7-5-6-8-13(12)17/h5-8,10-11H,2-4,9H2,1H3,(H,18,20,21)/b11-10+. The number of nitrogens with zero attached hydrogens (tertiary/aromatic N) is 2. The number of amides is 1. The smallest absolute Gasteiger partial charge is 0.250 e. The van der Waals surface area contributed by atoms with Crippen LogP contribution in [0.2, 0.25) is 5.02 Å². The first-order valence-corrected chi connectivity index (χ1v) is 8.44. The van der Waals surface area contributed by atoms with E-state index in [9.17, 15) is 4.79 Å². The number of carbonyl (C=O) groups excluding carboxylic acids is 1. The normalized spacial score (nSPS) is 11.0. The predicted molar refractivity (Wildman–Crippen MR) is 92.3 cm³/mol. The number of rotatable bonds is 7. The van der Waals surface area contributed by atoms with E-state index >= 15 is 0 Å². The average Bonchev–Trinajstić information content (AvgIpc) is 2.94. The van der Waals surface area contributed by atoms with Gasteiger partial charge in [-0.25, -0.2) is 0 Å². The number of aryl methyl sites for hydroxylation is 1. The minimum absolute atomic E-state index is 0.240. The van der Waals surface area contributed by atoms with Gasteiger partial charge in [-0.2, -0.15) is 0 Å². The zero-order valence-electron chi connectivity index (χ0n) is 12.4. The fourth-order valence-corrected chi connectivity index (χ4v) is 2.84. The van der Waals surface area contributed by atoms with E-state index in [1.807, 2.05) is 18.2 Å². The molecule has 2 rings (SSSR count). The van der Waals surface area contributed by atoms with Gasteiger partial charge in [0.2, 0.25) is 11.0 Å². The molecule has 1 aromatic carbocycles. The molecule has 22 heavy (non-hydrogen) atoms. The van der Waals surface area contributed by atoms with Gasteiger partial charge in [0.1, 0.15) is 5.01 Å². The van der Waals surface area contributed by atoms with Crippen LogP contribution < -0.4 is 5.32 Å². The Kier molecular flexibility index (Phi) is 6.55. The second-order valence-corrected chi connectivity index (χ2v) is 6.27. The molecule has 0 aliphatic rings. The molecule has 0 atom stereocenters. The summed E-state index contributed by atoms with van der Waals surface area (Å²) in [5.41, 5.74) is 0.803. The lowest BCUT2D eigenvalue weighted by molar-refractivity contribution is -0.111. The maximum absolute atomic E-state index is 11.9. The Hall–Kier alpha value is -1.72. The van der Waals surface area contributed by atoms with Crippen LogP contribution in [0.5, 0.6) is 0 Å². The summed E-state index contributed by atoms with van der Waals surface area (Å²) >= 11 is 7.45. The van der Waals surface area contributed by atoms with Crippen LogP contribution in [0.3, 0.4) is 0 Å². The SMILES string of the molecule is CCCCCc1nnc(NC(=O)/C=C/c2ccccc2Cl)s1. The van der Waals surface area contributed by atoms with E-state index in [1.165, 1.54) is 30.3 Å². The van der Waals surface area contributed by atoms with Gasteiger partial charge in [-0.3, -0.25) is 10.1 Å². The molecule has 0 radical (unpaired) electrons. The topological polar surface area (TPSA) is 54.9 Å². The van der Waals surface area contributed by atoms with Crippen molar-refractivity contribution in [1.29, 1.82) is 0 Å². The first-order chi connectivity index (χ1) is 10.7. The molecule has 116 valence electrons. The van der Waals surface area contributed by atoms with Crippen molar-refractivity contribution < 1.29 is 4.79 Å². The van der Waals surface area contributed by atoms with Crippen molar-refractivity contribution in [3.63, 3.8) is 0 Å². The van der Waals surface area contributed by atoms with E-state index < -0.39 is 0 Å². The quantitative estimate of drug-likeness (QED) is 0.595. The largest absolute Gasteiger partial charge is 0.297 e. The molecule has 0 saturated carbocycles. The molecule has 0 bridgehead atoms. The van der Waals surface area contributed by atoms with Crippen molar-refractivity contribution in [2.24, 2.45) is 0 Å². The van der Waals surface area contributed by atoms with Crippen molar-refractivity contribution in [1.82, 2.24) is 10.2 Å². The molecule has 0 aliphatic carbocycles. The lowest BCUT2D eigenvalue weighted by atomic mass is 10.2. The van der Waals surface area contributed by atoms with Gasteiger partial charge in [-0.15, -0.1) is 10.2 Å².